The summed E-state index contributed by atoms with van der Waals surface area (Å²) in [5.74, 6) is 1.50. The maximum atomic E-state index is 10.1. The van der Waals surface area contributed by atoms with Gasteiger partial charge in [0.1, 0.15) is 24.2 Å². The van der Waals surface area contributed by atoms with Gasteiger partial charge in [0.25, 0.3) is 0 Å². The van der Waals surface area contributed by atoms with Gasteiger partial charge in [-0.2, -0.15) is 0 Å². The molecule has 2 aromatic rings. The van der Waals surface area contributed by atoms with Gasteiger partial charge in [-0.1, -0.05) is 24.8 Å². The summed E-state index contributed by atoms with van der Waals surface area (Å²) in [6, 6.07) is 17.1. The highest BCUT2D eigenvalue weighted by Gasteiger charge is 2.10. The first-order valence-electron chi connectivity index (χ1n) is 7.13. The number of hydrogen-bond donors (Lipinski definition) is 1. The fourth-order valence-corrected chi connectivity index (χ4v) is 2.06. The molecule has 1 N–H and O–H groups in total. The average molecular weight is 299 g/mol. The van der Waals surface area contributed by atoms with Gasteiger partial charge >= 0.3 is 0 Å². The second-order valence-electron chi connectivity index (χ2n) is 4.94. The molecule has 0 aromatic heterocycles. The molecule has 0 amide bonds. The van der Waals surface area contributed by atoms with Crippen molar-refractivity contribution in [3.05, 3.63) is 67.4 Å². The number of benzene rings is 2. The minimum atomic E-state index is -0.575. The zero-order valence-corrected chi connectivity index (χ0v) is 12.7. The zero-order chi connectivity index (χ0) is 15.8. The molecule has 1 unspecified atom stereocenters. The number of likely N-dealkylation sites (N-methyl/N-ethyl adjacent to an activating group) is 1. The molecule has 0 saturated heterocycles. The minimum Gasteiger partial charge on any atom is -0.491 e. The molecule has 0 bridgehead atoms. The van der Waals surface area contributed by atoms with Gasteiger partial charge < -0.3 is 19.5 Å². The lowest BCUT2D eigenvalue weighted by Gasteiger charge is -2.23. The van der Waals surface area contributed by atoms with Gasteiger partial charge in [0, 0.05) is 19.3 Å². The summed E-state index contributed by atoms with van der Waals surface area (Å²) < 4.78 is 10.7. The molecule has 1 atom stereocenters. The van der Waals surface area contributed by atoms with Crippen LogP contribution < -0.4 is 14.4 Å². The van der Waals surface area contributed by atoms with Gasteiger partial charge in [-0.05, 0) is 36.4 Å². The molecule has 4 nitrogen and oxygen atoms in total. The summed E-state index contributed by atoms with van der Waals surface area (Å²) in [5, 5.41) is 10.1. The molecule has 4 heteroatoms. The van der Waals surface area contributed by atoms with E-state index in [-0.39, 0.29) is 6.61 Å². The summed E-state index contributed by atoms with van der Waals surface area (Å²) >= 11 is 0. The Morgan fingerprint density at radius 1 is 1.09 bits per heavy atom. The molecular weight excluding hydrogens is 278 g/mol. The Kier molecular flexibility index (Phi) is 5.86. The summed E-state index contributed by atoms with van der Waals surface area (Å²) in [6.07, 6.45) is 0.818. The lowest BCUT2D eigenvalue weighted by atomic mass is 10.2. The molecule has 2 aromatic carbocycles. The van der Waals surface area contributed by atoms with Crippen molar-refractivity contribution in [1.82, 2.24) is 0 Å². The zero-order valence-electron chi connectivity index (χ0n) is 12.7. The third kappa shape index (κ3) is 4.82. The molecule has 0 heterocycles. The monoisotopic (exact) mass is 299 g/mol. The Morgan fingerprint density at radius 2 is 1.77 bits per heavy atom. The summed E-state index contributed by atoms with van der Waals surface area (Å²) in [5.41, 5.74) is 0.996. The Bertz CT molecular complexity index is 569. The first kappa shape index (κ1) is 15.9. The molecule has 2 rings (SSSR count). The molecule has 0 aliphatic heterocycles. The molecule has 116 valence electrons. The van der Waals surface area contributed by atoms with Crippen molar-refractivity contribution in [3.63, 3.8) is 0 Å². The van der Waals surface area contributed by atoms with Crippen LogP contribution >= 0.6 is 0 Å². The van der Waals surface area contributed by atoms with Crippen LogP contribution in [-0.4, -0.2) is 31.4 Å². The summed E-state index contributed by atoms with van der Waals surface area (Å²) in [7, 11) is 1.93. The fourth-order valence-electron chi connectivity index (χ4n) is 2.06. The average Bonchev–Trinajstić information content (AvgIpc) is 2.55. The van der Waals surface area contributed by atoms with E-state index in [1.54, 1.807) is 0 Å². The lowest BCUT2D eigenvalue weighted by Crippen LogP contribution is -2.33. The predicted molar refractivity (Wildman–Crippen MR) is 88.5 cm³/mol. The number of para-hydroxylation sites is 1. The Hall–Kier alpha value is -2.46. The first-order valence-corrected chi connectivity index (χ1v) is 7.13. The molecule has 0 aliphatic rings. The third-order valence-electron chi connectivity index (χ3n) is 3.17. The second kappa shape index (κ2) is 8.10. The van der Waals surface area contributed by atoms with E-state index in [2.05, 4.69) is 6.58 Å². The van der Waals surface area contributed by atoms with Crippen molar-refractivity contribution < 1.29 is 14.6 Å². The van der Waals surface area contributed by atoms with Gasteiger partial charge in [0.15, 0.2) is 0 Å². The first-order chi connectivity index (χ1) is 10.7. The smallest absolute Gasteiger partial charge is 0.126 e. The Balaban J connectivity index is 1.82. The molecule has 0 aliphatic carbocycles. The number of ether oxygens (including phenoxy) is 2. The number of nitrogens with zero attached hydrogens (tertiary/aromatic N) is 1. The van der Waals surface area contributed by atoms with E-state index < -0.39 is 6.10 Å². The van der Waals surface area contributed by atoms with Crippen molar-refractivity contribution in [3.8, 4) is 11.5 Å². The van der Waals surface area contributed by atoms with Crippen LogP contribution in [0.4, 0.5) is 5.69 Å². The number of aliphatic hydroxyl groups excluding tert-OH is 1. The van der Waals surface area contributed by atoms with Crippen molar-refractivity contribution in [2.24, 2.45) is 0 Å². The van der Waals surface area contributed by atoms with Crippen molar-refractivity contribution >= 4 is 5.69 Å². The van der Waals surface area contributed by atoms with E-state index in [4.69, 9.17) is 9.47 Å². The number of aliphatic hydroxyl groups is 1. The lowest BCUT2D eigenvalue weighted by molar-refractivity contribution is 0.113. The van der Waals surface area contributed by atoms with Crippen molar-refractivity contribution in [2.45, 2.75) is 6.10 Å². The van der Waals surface area contributed by atoms with Crippen LogP contribution in [0.1, 0.15) is 0 Å². The number of hydrogen-bond acceptors (Lipinski definition) is 4. The molecule has 0 radical (unpaired) electrons. The van der Waals surface area contributed by atoms with E-state index in [9.17, 15) is 5.11 Å². The maximum absolute atomic E-state index is 10.1. The second-order valence-corrected chi connectivity index (χ2v) is 4.94. The molecule has 0 saturated carbocycles. The molecule has 0 fully saturated rings. The van der Waals surface area contributed by atoms with Gasteiger partial charge in [0.2, 0.25) is 0 Å². The highest BCUT2D eigenvalue weighted by Crippen LogP contribution is 2.19. The maximum Gasteiger partial charge on any atom is 0.126 e. The van der Waals surface area contributed by atoms with Crippen LogP contribution in [0.3, 0.4) is 0 Å². The third-order valence-corrected chi connectivity index (χ3v) is 3.17. The van der Waals surface area contributed by atoms with Crippen LogP contribution in [0.5, 0.6) is 11.5 Å². The van der Waals surface area contributed by atoms with E-state index in [1.807, 2.05) is 66.5 Å². The van der Waals surface area contributed by atoms with E-state index in [0.717, 1.165) is 17.2 Å². The molecular formula is C18H21NO3. The van der Waals surface area contributed by atoms with Gasteiger partial charge in [-0.3, -0.25) is 0 Å². The van der Waals surface area contributed by atoms with Gasteiger partial charge in [0.05, 0.1) is 6.26 Å². The van der Waals surface area contributed by atoms with E-state index >= 15 is 0 Å². The van der Waals surface area contributed by atoms with Crippen LogP contribution in [0.2, 0.25) is 0 Å². The SMILES string of the molecule is C=COc1ccc(N(C)CC(O)COc2ccccc2)cc1. The topological polar surface area (TPSA) is 41.9 Å². The van der Waals surface area contributed by atoms with Crippen molar-refractivity contribution in [2.75, 3.05) is 25.1 Å². The summed E-state index contributed by atoms with van der Waals surface area (Å²) in [6.45, 7) is 4.26. The van der Waals surface area contributed by atoms with E-state index in [1.165, 1.54) is 6.26 Å². The van der Waals surface area contributed by atoms with Crippen molar-refractivity contribution in [1.29, 1.82) is 0 Å². The fraction of sp³-hybridized carbons (Fsp3) is 0.222. The summed E-state index contributed by atoms with van der Waals surface area (Å²) in [4.78, 5) is 1.97. The number of rotatable bonds is 8. The molecule has 0 spiro atoms. The standard InChI is InChI=1S/C18H21NO3/c1-3-21-18-11-9-15(10-12-18)19(2)13-16(20)14-22-17-7-5-4-6-8-17/h3-12,16,20H,1,13-14H2,2H3. The minimum absolute atomic E-state index is 0.256. The highest BCUT2D eigenvalue weighted by molar-refractivity contribution is 5.48. The van der Waals surface area contributed by atoms with Gasteiger partial charge in [-0.25, -0.2) is 0 Å². The normalized spacial score (nSPS) is 11.5. The van der Waals surface area contributed by atoms with Crippen LogP contribution in [-0.2, 0) is 0 Å². The van der Waals surface area contributed by atoms with Gasteiger partial charge in [-0.15, -0.1) is 0 Å². The van der Waals surface area contributed by atoms with Crippen LogP contribution in [0.15, 0.2) is 67.4 Å². The quantitative estimate of drug-likeness (QED) is 0.761. The van der Waals surface area contributed by atoms with Crippen LogP contribution in [0.25, 0.3) is 0 Å². The van der Waals surface area contributed by atoms with Crippen LogP contribution in [0, 0.1) is 0 Å². The Labute approximate surface area is 131 Å². The Morgan fingerprint density at radius 3 is 2.41 bits per heavy atom. The largest absolute Gasteiger partial charge is 0.491 e. The predicted octanol–water partition coefficient (Wildman–Crippen LogP) is 3.09. The number of anilines is 1. The highest BCUT2D eigenvalue weighted by atomic mass is 16.5. The van der Waals surface area contributed by atoms with E-state index in [0.29, 0.717) is 6.54 Å². The molecule has 22 heavy (non-hydrogen) atoms.